The molecule has 1 heterocycles. The van der Waals surface area contributed by atoms with E-state index in [0.717, 1.165) is 15.1 Å². The summed E-state index contributed by atoms with van der Waals surface area (Å²) in [4.78, 5) is 8.71. The lowest BCUT2D eigenvalue weighted by Crippen LogP contribution is -2.01. The van der Waals surface area contributed by atoms with Crippen LogP contribution in [0.5, 0.6) is 0 Å². The summed E-state index contributed by atoms with van der Waals surface area (Å²) in [5.74, 6) is 1.48. The Bertz CT molecular complexity index is 572. The fourth-order valence-electron chi connectivity index (χ4n) is 1.44. The minimum absolute atomic E-state index is 0.669. The molecular weight excluding hydrogens is 395 g/mol. The van der Waals surface area contributed by atoms with Gasteiger partial charge in [-0.25, -0.2) is 9.97 Å². The molecule has 0 atom stereocenters. The monoisotopic (exact) mass is 406 g/mol. The van der Waals surface area contributed by atoms with Crippen LogP contribution in [0.15, 0.2) is 29.4 Å². The van der Waals surface area contributed by atoms with Crippen LogP contribution < -0.4 is 10.6 Å². The lowest BCUT2D eigenvalue weighted by atomic mass is 10.3. The van der Waals surface area contributed by atoms with Gasteiger partial charge in [0.25, 0.3) is 0 Å². The second-order valence-corrected chi connectivity index (χ2v) is 6.05. The zero-order valence-electron chi connectivity index (χ0n) is 10.4. The number of hydrogen-bond acceptors (Lipinski definition) is 5. The Balaban J connectivity index is 2.31. The normalized spacial score (nSPS) is 10.3. The van der Waals surface area contributed by atoms with Crippen LogP contribution in [0.1, 0.15) is 0 Å². The summed E-state index contributed by atoms with van der Waals surface area (Å²) in [5.41, 5.74) is 0.829. The number of benzene rings is 1. The number of aromatic nitrogens is 2. The van der Waals surface area contributed by atoms with Gasteiger partial charge in [0.2, 0.25) is 0 Å². The third-order valence-corrected chi connectivity index (χ3v) is 3.87. The van der Waals surface area contributed by atoms with E-state index >= 15 is 0 Å². The molecule has 0 amide bonds. The van der Waals surface area contributed by atoms with Crippen molar-refractivity contribution in [3.05, 3.63) is 32.9 Å². The summed E-state index contributed by atoms with van der Waals surface area (Å²) in [7, 11) is 1.83. The molecule has 19 heavy (non-hydrogen) atoms. The van der Waals surface area contributed by atoms with Gasteiger partial charge in [-0.3, -0.25) is 0 Å². The van der Waals surface area contributed by atoms with E-state index in [9.17, 15) is 0 Å². The van der Waals surface area contributed by atoms with E-state index < -0.39 is 0 Å². The van der Waals surface area contributed by atoms with Crippen LogP contribution in [0, 0.1) is 3.57 Å². The van der Waals surface area contributed by atoms with Gasteiger partial charge in [0.05, 0.1) is 10.7 Å². The van der Waals surface area contributed by atoms with Crippen LogP contribution in [0.25, 0.3) is 0 Å². The number of anilines is 3. The maximum atomic E-state index is 6.20. The van der Waals surface area contributed by atoms with Crippen LogP contribution in [0.4, 0.5) is 17.3 Å². The highest BCUT2D eigenvalue weighted by atomic mass is 127. The third kappa shape index (κ3) is 3.87. The molecule has 0 spiro atoms. The smallest absolute Gasteiger partial charge is 0.191 e. The molecule has 4 nitrogen and oxygen atoms in total. The van der Waals surface area contributed by atoms with Crippen LogP contribution >= 0.6 is 46.0 Å². The van der Waals surface area contributed by atoms with Crippen molar-refractivity contribution >= 4 is 63.3 Å². The van der Waals surface area contributed by atoms with Crippen molar-refractivity contribution in [1.29, 1.82) is 0 Å². The Kier molecular flexibility index (Phi) is 5.12. The van der Waals surface area contributed by atoms with E-state index in [2.05, 4.69) is 43.2 Å². The molecule has 100 valence electrons. The first-order valence-corrected chi connectivity index (χ1v) is 8.13. The van der Waals surface area contributed by atoms with Gasteiger partial charge in [-0.1, -0.05) is 23.4 Å². The molecule has 7 heteroatoms. The molecule has 1 aromatic heterocycles. The molecular formula is C12H12ClIN4S. The van der Waals surface area contributed by atoms with Crippen LogP contribution in [-0.4, -0.2) is 23.3 Å². The minimum Gasteiger partial charge on any atom is -0.373 e. The van der Waals surface area contributed by atoms with Crippen molar-refractivity contribution < 1.29 is 0 Å². The van der Waals surface area contributed by atoms with Gasteiger partial charge in [-0.2, -0.15) is 0 Å². The first-order valence-electron chi connectivity index (χ1n) is 5.45. The Hall–Kier alpha value is -0.730. The van der Waals surface area contributed by atoms with E-state index in [4.69, 9.17) is 11.6 Å². The zero-order chi connectivity index (χ0) is 13.8. The molecule has 0 aliphatic rings. The molecule has 0 bridgehead atoms. The largest absolute Gasteiger partial charge is 0.373 e. The number of nitrogens with one attached hydrogen (secondary N) is 2. The summed E-state index contributed by atoms with van der Waals surface area (Å²) in [6.45, 7) is 0. The average Bonchev–Trinajstić information content (AvgIpc) is 2.41. The number of hydrogen-bond donors (Lipinski definition) is 2. The van der Waals surface area contributed by atoms with Crippen LogP contribution in [-0.2, 0) is 0 Å². The van der Waals surface area contributed by atoms with E-state index in [1.54, 1.807) is 0 Å². The summed E-state index contributed by atoms with van der Waals surface area (Å²) < 4.78 is 1.09. The Morgan fingerprint density at radius 2 is 1.95 bits per heavy atom. The molecule has 0 aliphatic carbocycles. The quantitative estimate of drug-likeness (QED) is 0.452. The van der Waals surface area contributed by atoms with E-state index in [-0.39, 0.29) is 0 Å². The second kappa shape index (κ2) is 6.62. The van der Waals surface area contributed by atoms with Crippen molar-refractivity contribution in [2.24, 2.45) is 0 Å². The standard InChI is InChI=1S/C12H12ClIN4S/c1-15-10-6-11(18-12(17-10)19-2)16-9-4-3-7(14)5-8(9)13/h3-6H,1-2H3,(H2,15,16,17,18). The van der Waals surface area contributed by atoms with Crippen molar-refractivity contribution in [2.45, 2.75) is 5.16 Å². The fraction of sp³-hybridized carbons (Fsp3) is 0.167. The summed E-state index contributed by atoms with van der Waals surface area (Å²) in [6, 6.07) is 7.67. The second-order valence-electron chi connectivity index (χ2n) is 3.62. The molecule has 0 radical (unpaired) electrons. The van der Waals surface area contributed by atoms with E-state index in [1.807, 2.05) is 37.6 Å². The SMILES string of the molecule is CNc1cc(Nc2ccc(I)cc2Cl)nc(SC)n1. The minimum atomic E-state index is 0.669. The van der Waals surface area contributed by atoms with Crippen LogP contribution in [0.3, 0.4) is 0 Å². The number of halogens is 2. The van der Waals surface area contributed by atoms with E-state index in [1.165, 1.54) is 11.8 Å². The maximum absolute atomic E-state index is 6.20. The van der Waals surface area contributed by atoms with Crippen LogP contribution in [0.2, 0.25) is 5.02 Å². The number of nitrogens with zero attached hydrogens (tertiary/aromatic N) is 2. The molecule has 0 saturated heterocycles. The lowest BCUT2D eigenvalue weighted by Gasteiger charge is -2.10. The average molecular weight is 407 g/mol. The zero-order valence-corrected chi connectivity index (χ0v) is 14.1. The van der Waals surface area contributed by atoms with Gasteiger partial charge in [0, 0.05) is 16.7 Å². The summed E-state index contributed by atoms with van der Waals surface area (Å²) >= 11 is 9.91. The van der Waals surface area contributed by atoms with Gasteiger partial charge in [0.15, 0.2) is 5.16 Å². The highest BCUT2D eigenvalue weighted by Gasteiger charge is 2.06. The number of rotatable bonds is 4. The Morgan fingerprint density at radius 1 is 1.21 bits per heavy atom. The predicted molar refractivity (Wildman–Crippen MR) is 90.8 cm³/mol. The van der Waals surface area contributed by atoms with Gasteiger partial charge < -0.3 is 10.6 Å². The van der Waals surface area contributed by atoms with Crippen molar-refractivity contribution in [2.75, 3.05) is 23.9 Å². The van der Waals surface area contributed by atoms with Crippen molar-refractivity contribution in [3.63, 3.8) is 0 Å². The predicted octanol–water partition coefficient (Wildman–Crippen LogP) is 4.24. The van der Waals surface area contributed by atoms with Gasteiger partial charge in [-0.15, -0.1) is 0 Å². The molecule has 0 unspecified atom stereocenters. The third-order valence-electron chi connectivity index (χ3n) is 2.34. The molecule has 2 aromatic rings. The molecule has 2 N–H and O–H groups in total. The lowest BCUT2D eigenvalue weighted by molar-refractivity contribution is 0.977. The molecule has 0 fully saturated rings. The first-order chi connectivity index (χ1) is 9.12. The van der Waals surface area contributed by atoms with Gasteiger partial charge in [-0.05, 0) is 47.0 Å². The molecule has 0 saturated carbocycles. The van der Waals surface area contributed by atoms with E-state index in [0.29, 0.717) is 16.0 Å². The highest BCUT2D eigenvalue weighted by Crippen LogP contribution is 2.27. The van der Waals surface area contributed by atoms with Crippen molar-refractivity contribution in [1.82, 2.24) is 9.97 Å². The molecule has 2 rings (SSSR count). The molecule has 0 aliphatic heterocycles. The van der Waals surface area contributed by atoms with Crippen molar-refractivity contribution in [3.8, 4) is 0 Å². The fourth-order valence-corrected chi connectivity index (χ4v) is 2.72. The Labute approximate surface area is 134 Å². The molecule has 1 aromatic carbocycles. The summed E-state index contributed by atoms with van der Waals surface area (Å²) in [6.07, 6.45) is 1.94. The highest BCUT2D eigenvalue weighted by molar-refractivity contribution is 14.1. The van der Waals surface area contributed by atoms with Gasteiger partial charge in [0.1, 0.15) is 11.6 Å². The van der Waals surface area contributed by atoms with Gasteiger partial charge >= 0.3 is 0 Å². The maximum Gasteiger partial charge on any atom is 0.191 e. The first kappa shape index (κ1) is 14.7. The Morgan fingerprint density at radius 3 is 2.58 bits per heavy atom. The number of thioether (sulfide) groups is 1. The summed E-state index contributed by atoms with van der Waals surface area (Å²) in [5, 5.41) is 7.60. The topological polar surface area (TPSA) is 49.8 Å².